The van der Waals surface area contributed by atoms with Crippen molar-refractivity contribution in [1.82, 2.24) is 29.7 Å². The molecule has 0 amide bonds. The van der Waals surface area contributed by atoms with Gasteiger partial charge in [-0.2, -0.15) is 10.2 Å². The second-order valence-electron chi connectivity index (χ2n) is 5.99. The van der Waals surface area contributed by atoms with Crippen LogP contribution in [0.5, 0.6) is 5.88 Å². The van der Waals surface area contributed by atoms with E-state index in [1.165, 1.54) is 0 Å². The van der Waals surface area contributed by atoms with Gasteiger partial charge in [0.2, 0.25) is 5.88 Å². The average molecular weight is 365 g/mol. The van der Waals surface area contributed by atoms with Gasteiger partial charge in [0.25, 0.3) is 0 Å². The van der Waals surface area contributed by atoms with Gasteiger partial charge in [0, 0.05) is 31.3 Å². The Morgan fingerprint density at radius 3 is 2.92 bits per heavy atom. The molecule has 0 aliphatic carbocycles. The van der Waals surface area contributed by atoms with Crippen LogP contribution in [0.25, 0.3) is 16.8 Å². The Balaban J connectivity index is 0.00000182. The fourth-order valence-corrected chi connectivity index (χ4v) is 2.91. The van der Waals surface area contributed by atoms with E-state index < -0.39 is 0 Å². The number of fused-ring (bicyclic) bond motifs is 1. The number of hydrogen-bond acceptors (Lipinski definition) is 6. The Hall–Kier alpha value is -2.16. The molecule has 3 aromatic rings. The summed E-state index contributed by atoms with van der Waals surface area (Å²) in [5.41, 5.74) is 2.54. The van der Waals surface area contributed by atoms with Crippen molar-refractivity contribution in [1.29, 1.82) is 0 Å². The number of ether oxygens (including phenoxy) is 2. The first-order chi connectivity index (χ1) is 11.7. The first kappa shape index (κ1) is 17.7. The van der Waals surface area contributed by atoms with E-state index in [2.05, 4.69) is 20.5 Å². The third-order valence-corrected chi connectivity index (χ3v) is 4.21. The molecule has 0 saturated carbocycles. The van der Waals surface area contributed by atoms with Crippen molar-refractivity contribution in [3.05, 3.63) is 30.9 Å². The minimum Gasteiger partial charge on any atom is -0.470 e. The van der Waals surface area contributed by atoms with Gasteiger partial charge in [0.1, 0.15) is 11.6 Å². The molecule has 1 N–H and O–H groups in total. The molecular weight excluding hydrogens is 344 g/mol. The zero-order valence-electron chi connectivity index (χ0n) is 14.1. The number of halogens is 1. The molecule has 1 saturated heterocycles. The Labute approximate surface area is 151 Å². The topological polar surface area (TPSA) is 78.5 Å². The van der Waals surface area contributed by atoms with E-state index in [1.54, 1.807) is 21.6 Å². The van der Waals surface area contributed by atoms with Crippen LogP contribution in [0.3, 0.4) is 0 Å². The summed E-state index contributed by atoms with van der Waals surface area (Å²) < 4.78 is 15.3. The molecule has 0 radical (unpaired) electrons. The van der Waals surface area contributed by atoms with Crippen LogP contribution in [0.15, 0.2) is 30.9 Å². The maximum Gasteiger partial charge on any atom is 0.241 e. The highest BCUT2D eigenvalue weighted by Crippen LogP contribution is 2.25. The van der Waals surface area contributed by atoms with Crippen molar-refractivity contribution in [2.75, 3.05) is 20.3 Å². The summed E-state index contributed by atoms with van der Waals surface area (Å²) in [5, 5.41) is 11.8. The second kappa shape index (κ2) is 7.38. The fraction of sp³-hybridized carbons (Fsp3) is 0.438. The monoisotopic (exact) mass is 364 g/mol. The molecule has 0 spiro atoms. The van der Waals surface area contributed by atoms with E-state index in [0.29, 0.717) is 25.1 Å². The van der Waals surface area contributed by atoms with Crippen LogP contribution >= 0.6 is 12.4 Å². The molecule has 4 rings (SSSR count). The molecule has 9 heteroatoms. The molecule has 1 aliphatic rings. The lowest BCUT2D eigenvalue weighted by Gasteiger charge is -2.29. The SMILES string of the molecule is CNC1COCC(Oc2nc(-c3cnn(C)c3)cn3nccc23)C1.Cl. The Morgan fingerprint density at radius 1 is 1.28 bits per heavy atom. The summed E-state index contributed by atoms with van der Waals surface area (Å²) in [5.74, 6) is 0.569. The number of aromatic nitrogens is 5. The molecule has 25 heavy (non-hydrogen) atoms. The third-order valence-electron chi connectivity index (χ3n) is 4.21. The quantitative estimate of drug-likeness (QED) is 0.752. The maximum absolute atomic E-state index is 6.16. The first-order valence-corrected chi connectivity index (χ1v) is 7.98. The van der Waals surface area contributed by atoms with Crippen molar-refractivity contribution in [3.63, 3.8) is 0 Å². The molecule has 1 aliphatic heterocycles. The third kappa shape index (κ3) is 3.60. The summed E-state index contributed by atoms with van der Waals surface area (Å²) in [6.45, 7) is 1.28. The highest BCUT2D eigenvalue weighted by atomic mass is 35.5. The smallest absolute Gasteiger partial charge is 0.241 e. The molecule has 4 heterocycles. The Morgan fingerprint density at radius 2 is 2.16 bits per heavy atom. The van der Waals surface area contributed by atoms with Crippen LogP contribution in [0.1, 0.15) is 6.42 Å². The van der Waals surface area contributed by atoms with Crippen LogP contribution in [0.2, 0.25) is 0 Å². The fourth-order valence-electron chi connectivity index (χ4n) is 2.91. The highest BCUT2D eigenvalue weighted by molar-refractivity contribution is 5.85. The van der Waals surface area contributed by atoms with Gasteiger partial charge in [-0.05, 0) is 13.1 Å². The van der Waals surface area contributed by atoms with Gasteiger partial charge in [-0.3, -0.25) is 4.68 Å². The molecular formula is C16H21ClN6O2. The molecule has 2 unspecified atom stereocenters. The molecule has 2 atom stereocenters. The lowest BCUT2D eigenvalue weighted by Crippen LogP contribution is -2.43. The van der Waals surface area contributed by atoms with E-state index in [9.17, 15) is 0 Å². The first-order valence-electron chi connectivity index (χ1n) is 7.98. The molecule has 0 aromatic carbocycles. The molecule has 8 nitrogen and oxygen atoms in total. The zero-order valence-corrected chi connectivity index (χ0v) is 14.9. The summed E-state index contributed by atoms with van der Waals surface area (Å²) in [6.07, 6.45) is 8.17. The van der Waals surface area contributed by atoms with Gasteiger partial charge < -0.3 is 14.8 Å². The van der Waals surface area contributed by atoms with Crippen molar-refractivity contribution in [2.45, 2.75) is 18.6 Å². The number of nitrogens with one attached hydrogen (secondary N) is 1. The Kier molecular flexibility index (Phi) is 5.22. The zero-order chi connectivity index (χ0) is 16.5. The van der Waals surface area contributed by atoms with Gasteiger partial charge in [0.05, 0.1) is 37.5 Å². The van der Waals surface area contributed by atoms with Gasteiger partial charge in [0.15, 0.2) is 0 Å². The lowest BCUT2D eigenvalue weighted by atomic mass is 10.1. The van der Waals surface area contributed by atoms with Crippen LogP contribution in [-0.4, -0.2) is 56.8 Å². The Bertz CT molecular complexity index is 848. The van der Waals surface area contributed by atoms with Gasteiger partial charge in [-0.1, -0.05) is 0 Å². The summed E-state index contributed by atoms with van der Waals surface area (Å²) in [6, 6.07) is 2.19. The van der Waals surface area contributed by atoms with Crippen LogP contribution in [0.4, 0.5) is 0 Å². The molecule has 0 bridgehead atoms. The number of hydrogen-bond donors (Lipinski definition) is 1. The standard InChI is InChI=1S/C16H20N6O2.ClH/c1-17-12-5-13(10-23-9-12)24-16-15-3-4-18-22(15)8-14(20-16)11-6-19-21(2)7-11;/h3-4,6-8,12-13,17H,5,9-10H2,1-2H3;1H. The van der Waals surface area contributed by atoms with Crippen molar-refractivity contribution in [3.8, 4) is 17.1 Å². The van der Waals surface area contributed by atoms with Crippen LogP contribution < -0.4 is 10.1 Å². The van der Waals surface area contributed by atoms with Crippen molar-refractivity contribution in [2.24, 2.45) is 7.05 Å². The van der Waals surface area contributed by atoms with E-state index in [-0.39, 0.29) is 18.5 Å². The summed E-state index contributed by atoms with van der Waals surface area (Å²) in [4.78, 5) is 4.69. The number of nitrogens with zero attached hydrogens (tertiary/aromatic N) is 5. The van der Waals surface area contributed by atoms with Crippen LogP contribution in [0, 0.1) is 0 Å². The minimum atomic E-state index is -0.0356. The van der Waals surface area contributed by atoms with E-state index >= 15 is 0 Å². The summed E-state index contributed by atoms with van der Waals surface area (Å²) in [7, 11) is 3.82. The van der Waals surface area contributed by atoms with Crippen molar-refractivity contribution >= 4 is 17.9 Å². The number of aryl methyl sites for hydroxylation is 1. The van der Waals surface area contributed by atoms with Gasteiger partial charge >= 0.3 is 0 Å². The van der Waals surface area contributed by atoms with E-state index in [0.717, 1.165) is 23.2 Å². The van der Waals surface area contributed by atoms with Crippen molar-refractivity contribution < 1.29 is 9.47 Å². The lowest BCUT2D eigenvalue weighted by molar-refractivity contribution is -0.0108. The number of likely N-dealkylation sites (N-methyl/N-ethyl adjacent to an activating group) is 1. The summed E-state index contributed by atoms with van der Waals surface area (Å²) >= 11 is 0. The maximum atomic E-state index is 6.16. The predicted molar refractivity (Wildman–Crippen MR) is 95.1 cm³/mol. The minimum absolute atomic E-state index is 0. The molecule has 134 valence electrons. The molecule has 1 fully saturated rings. The highest BCUT2D eigenvalue weighted by Gasteiger charge is 2.24. The van der Waals surface area contributed by atoms with Crippen LogP contribution in [-0.2, 0) is 11.8 Å². The average Bonchev–Trinajstić information content (AvgIpc) is 3.23. The largest absolute Gasteiger partial charge is 0.470 e. The van der Waals surface area contributed by atoms with E-state index in [1.807, 2.05) is 32.6 Å². The van der Waals surface area contributed by atoms with Gasteiger partial charge in [-0.25, -0.2) is 9.50 Å². The number of rotatable bonds is 4. The normalized spacial score (nSPS) is 20.4. The van der Waals surface area contributed by atoms with Gasteiger partial charge in [-0.15, -0.1) is 12.4 Å². The van der Waals surface area contributed by atoms with E-state index in [4.69, 9.17) is 9.47 Å². The molecule has 3 aromatic heterocycles. The predicted octanol–water partition coefficient (Wildman–Crippen LogP) is 1.31. The second-order valence-corrected chi connectivity index (χ2v) is 5.99.